The topological polar surface area (TPSA) is 716 Å². The SMILES string of the molecule is CC(=O)N[C@H]1[C@H](OCCCCCCN=[N+]=[N-])O[C@H](CO)[C@@H](O[C@@H]2O[C@H](CO)[C@H](O)[C@H](O[C@@H]3O[C@H](CO)[C@@H](O)[C@@H](O[C@@H]4O[C@H](CO)[C@H](O)[C@H](O[C@@H]5O[C@H](CO)[C@@H](O)[C@@H](O[C@@H]6O[C@H](CO[C@]7(C(=O)O)C[C@H](O)[C@@H](NC(C)=O)[C@H]([C@H](O)[C@H](O)CO)O7)[C@H](O)[C@H](O)[C@H]6O)[C@H]5NC(C)=O)[C@H]4O)[C@H]3NC(C)=O)[C@H]2O)[C@@H]1O. The molecule has 7 aliphatic heterocycles. The Morgan fingerprint density at radius 2 is 0.867 bits per heavy atom. The van der Waals surface area contributed by atoms with Crippen LogP contribution in [0.25, 0.3) is 10.4 Å². The van der Waals surface area contributed by atoms with Gasteiger partial charge in [0.2, 0.25) is 23.6 Å². The predicted octanol–water partition coefficient (Wildman–Crippen LogP) is -13.6. The molecule has 0 bridgehead atoms. The lowest BCUT2D eigenvalue weighted by Crippen LogP contribution is -2.71. The van der Waals surface area contributed by atoms with Gasteiger partial charge in [0, 0.05) is 52.2 Å². The molecule has 105 heavy (non-hydrogen) atoms. The molecule has 36 atom stereocenters. The number of carbonyl (C=O) groups excluding carboxylic acids is 4. The van der Waals surface area contributed by atoms with Crippen LogP contribution in [0.4, 0.5) is 0 Å². The number of hydrogen-bond donors (Lipinski definition) is 24. The first-order chi connectivity index (χ1) is 49.7. The van der Waals surface area contributed by atoms with E-state index >= 15 is 0 Å². The molecule has 7 saturated heterocycles. The van der Waals surface area contributed by atoms with Gasteiger partial charge in [-0.25, -0.2) is 4.79 Å². The molecular weight excluding hydrogens is 1430 g/mol. The molecule has 604 valence electrons. The minimum Gasteiger partial charge on any atom is -0.477 e. The summed E-state index contributed by atoms with van der Waals surface area (Å²) in [5.74, 6) is -8.48. The zero-order valence-electron chi connectivity index (χ0n) is 57.1. The van der Waals surface area contributed by atoms with E-state index in [1.807, 2.05) is 0 Å². The maximum Gasteiger partial charge on any atom is 0.364 e. The zero-order chi connectivity index (χ0) is 77.6. The lowest BCUT2D eigenvalue weighted by molar-refractivity contribution is -0.385. The average molecular weight is 1530 g/mol. The molecule has 0 spiro atoms. The smallest absolute Gasteiger partial charge is 0.364 e. The van der Waals surface area contributed by atoms with Crippen LogP contribution in [0, 0.1) is 0 Å². The molecule has 46 heteroatoms. The quantitative estimate of drug-likeness (QED) is 0.0123. The van der Waals surface area contributed by atoms with E-state index < -0.39 is 303 Å². The number of aliphatic carboxylic acids is 1. The van der Waals surface area contributed by atoms with Crippen molar-refractivity contribution < 1.29 is 192 Å². The van der Waals surface area contributed by atoms with Crippen LogP contribution >= 0.6 is 0 Å². The number of carboxylic acids is 1. The number of unbranched alkanes of at least 4 members (excludes halogenated alkanes) is 3. The second-order valence-electron chi connectivity index (χ2n) is 26.2. The molecule has 0 aromatic heterocycles. The van der Waals surface area contributed by atoms with E-state index in [-0.39, 0.29) is 13.2 Å². The molecule has 0 aliphatic carbocycles. The van der Waals surface area contributed by atoms with Gasteiger partial charge in [-0.05, 0) is 18.4 Å². The Bertz CT molecular complexity index is 2820. The highest BCUT2D eigenvalue weighted by atomic mass is 16.8. The normalized spacial score (nSPS) is 43.0. The Balaban J connectivity index is 1.11. The van der Waals surface area contributed by atoms with E-state index in [2.05, 4.69) is 31.3 Å². The third-order valence-electron chi connectivity index (χ3n) is 18.6. The number of carbonyl (C=O) groups is 5. The summed E-state index contributed by atoms with van der Waals surface area (Å²) >= 11 is 0. The summed E-state index contributed by atoms with van der Waals surface area (Å²) in [7, 11) is 0. The van der Waals surface area contributed by atoms with E-state index in [9.17, 15) is 126 Å². The molecule has 24 N–H and O–H groups in total. The van der Waals surface area contributed by atoms with E-state index in [4.69, 9.17) is 71.8 Å². The molecular formula is C59H99N7O39. The van der Waals surface area contributed by atoms with Gasteiger partial charge in [0.05, 0.1) is 58.4 Å². The Labute approximate surface area is 596 Å². The molecule has 46 nitrogen and oxygen atoms in total. The molecule has 0 aromatic carbocycles. The number of nitrogens with one attached hydrogen (secondary N) is 4. The van der Waals surface area contributed by atoms with Gasteiger partial charge in [-0.2, -0.15) is 0 Å². The van der Waals surface area contributed by atoms with E-state index in [1.54, 1.807) is 0 Å². The Hall–Kier alpha value is -4.66. The van der Waals surface area contributed by atoms with Crippen molar-refractivity contribution in [3.8, 4) is 0 Å². The summed E-state index contributed by atoms with van der Waals surface area (Å²) in [4.78, 5) is 66.4. The van der Waals surface area contributed by atoms with Gasteiger partial charge < -0.3 is 190 Å². The lowest BCUT2D eigenvalue weighted by atomic mass is 9.88. The summed E-state index contributed by atoms with van der Waals surface area (Å²) in [5.41, 5.74) is 8.52. The van der Waals surface area contributed by atoms with Crippen LogP contribution in [0.3, 0.4) is 0 Å². The van der Waals surface area contributed by atoms with Crippen LogP contribution < -0.4 is 21.3 Å². The van der Waals surface area contributed by atoms with Gasteiger partial charge in [0.1, 0.15) is 165 Å². The van der Waals surface area contributed by atoms with Crippen molar-refractivity contribution in [1.82, 2.24) is 21.3 Å². The van der Waals surface area contributed by atoms with Gasteiger partial charge in [-0.3, -0.25) is 19.2 Å². The van der Waals surface area contributed by atoms with Crippen molar-refractivity contribution in [2.45, 2.75) is 280 Å². The summed E-state index contributed by atoms with van der Waals surface area (Å²) < 4.78 is 82.5. The minimum atomic E-state index is -3.05. The fourth-order valence-electron chi connectivity index (χ4n) is 13.2. The highest BCUT2D eigenvalue weighted by Gasteiger charge is 2.61. The monoisotopic (exact) mass is 1530 g/mol. The second-order valence-corrected chi connectivity index (χ2v) is 26.2. The van der Waals surface area contributed by atoms with Crippen LogP contribution in [-0.2, 0) is 90.3 Å². The number of azide groups is 1. The maximum absolute atomic E-state index is 13.1. The molecule has 7 heterocycles. The van der Waals surface area contributed by atoms with Gasteiger partial charge >= 0.3 is 5.97 Å². The summed E-state index contributed by atoms with van der Waals surface area (Å²) in [5, 5.41) is 235. The molecule has 7 rings (SSSR count). The Kier molecular flexibility index (Phi) is 33.2. The predicted molar refractivity (Wildman–Crippen MR) is 332 cm³/mol. The lowest BCUT2D eigenvalue weighted by Gasteiger charge is -2.51. The number of ether oxygens (including phenoxy) is 14. The minimum absolute atomic E-state index is 0.0298. The largest absolute Gasteiger partial charge is 0.477 e. The average Bonchev–Trinajstić information content (AvgIpc) is 0.774. The molecule has 0 saturated carbocycles. The van der Waals surface area contributed by atoms with Crippen molar-refractivity contribution in [3.05, 3.63) is 10.4 Å². The Morgan fingerprint density at radius 1 is 0.467 bits per heavy atom. The fourth-order valence-corrected chi connectivity index (χ4v) is 13.2. The summed E-state index contributed by atoms with van der Waals surface area (Å²) in [6.07, 6.45) is -62.3. The van der Waals surface area contributed by atoms with E-state index in [0.717, 1.165) is 27.7 Å². The zero-order valence-corrected chi connectivity index (χ0v) is 57.1. The van der Waals surface area contributed by atoms with Crippen LogP contribution in [0.2, 0.25) is 0 Å². The number of hydrogen-bond acceptors (Lipinski definition) is 39. The van der Waals surface area contributed by atoms with Gasteiger partial charge in [-0.15, -0.1) is 0 Å². The molecule has 0 unspecified atom stereocenters. The third-order valence-corrected chi connectivity index (χ3v) is 18.6. The number of amides is 4. The van der Waals surface area contributed by atoms with Crippen molar-refractivity contribution >= 4 is 29.6 Å². The molecule has 7 fully saturated rings. The highest BCUT2D eigenvalue weighted by Crippen LogP contribution is 2.40. The highest BCUT2D eigenvalue weighted by molar-refractivity contribution is 5.77. The first kappa shape index (κ1) is 87.6. The standard InChI is InChI=1S/C59H99N7O39/c1-19(73)62-31-23(77)11-59(58(90)91,105-49(31)35(79)24(78)12-67)93-18-30-36(80)42(86)43(87)55(99-30)101-47-33(64-21(3)75)53(94-25(13-68)37(47)81)104-51-40(84)28(16-71)97-57(45(51)89)102-48-34(65-22(4)76)54(95-26(14-69)38(48)82)103-50-39(83)27(15-70)96-56(44(50)88)100-46-29(17-72)98-52(32(41(46)85)63-20(2)74)92-10-8-6-5-7-9-61-66-60/h23-57,67-72,77-89H,5-18H2,1-4H3,(H,62,73)(H,63,74)(H,64,75)(H,65,76)(H,90,91)/t23-,24+,25+,26+,27+,28+,29+,30+,31+,32+,33+,34+,35+,36-,37+,38+,39-,40-,41+,42-,43+,44+,45+,46+,47-,48-,49+,50-,51-,52+,53-,54-,55-,56-,57-,59+/m0/s1. The molecule has 0 radical (unpaired) electrons. The Morgan fingerprint density at radius 3 is 1.31 bits per heavy atom. The first-order valence-corrected chi connectivity index (χ1v) is 33.7. The van der Waals surface area contributed by atoms with E-state index in [1.165, 1.54) is 0 Å². The number of rotatable bonds is 34. The summed E-state index contributed by atoms with van der Waals surface area (Å²) in [6, 6.07) is -6.94. The maximum atomic E-state index is 13.1. The van der Waals surface area contributed by atoms with Crippen molar-refractivity contribution in [1.29, 1.82) is 0 Å². The first-order valence-electron chi connectivity index (χ1n) is 33.7. The summed E-state index contributed by atoms with van der Waals surface area (Å²) in [6.45, 7) is -3.36. The van der Waals surface area contributed by atoms with Gasteiger partial charge in [-0.1, -0.05) is 18.0 Å². The molecule has 0 aromatic rings. The molecule has 4 amide bonds. The number of aliphatic hydroxyl groups is 19. The van der Waals surface area contributed by atoms with Crippen LogP contribution in [0.1, 0.15) is 59.8 Å². The van der Waals surface area contributed by atoms with Crippen LogP contribution in [-0.4, -0.2) is 411 Å². The van der Waals surface area contributed by atoms with Crippen molar-refractivity contribution in [2.24, 2.45) is 5.11 Å². The third kappa shape index (κ3) is 21.1. The van der Waals surface area contributed by atoms with Gasteiger partial charge in [0.25, 0.3) is 5.79 Å². The van der Waals surface area contributed by atoms with Crippen LogP contribution in [0.15, 0.2) is 5.11 Å². The van der Waals surface area contributed by atoms with Crippen molar-refractivity contribution in [3.63, 3.8) is 0 Å². The number of aliphatic hydroxyl groups excluding tert-OH is 19. The fraction of sp³-hybridized carbons (Fsp3) is 0.915. The second kappa shape index (κ2) is 39.8. The van der Waals surface area contributed by atoms with Crippen LogP contribution in [0.5, 0.6) is 0 Å². The van der Waals surface area contributed by atoms with Crippen molar-refractivity contribution in [2.75, 3.05) is 59.4 Å². The molecule has 7 aliphatic rings. The van der Waals surface area contributed by atoms with E-state index in [0.29, 0.717) is 25.7 Å². The van der Waals surface area contributed by atoms with Gasteiger partial charge in [0.15, 0.2) is 37.7 Å². The number of nitrogens with zero attached hydrogens (tertiary/aromatic N) is 3. The number of carboxylic acid groups (broad SMARTS) is 1.